The van der Waals surface area contributed by atoms with Gasteiger partial charge in [0.05, 0.1) is 18.1 Å². The molecule has 0 bridgehead atoms. The zero-order chi connectivity index (χ0) is 23.4. The minimum atomic E-state index is -0.890. The van der Waals surface area contributed by atoms with Crippen LogP contribution in [0.5, 0.6) is 0 Å². The fraction of sp³-hybridized carbons (Fsp3) is 0.348. The van der Waals surface area contributed by atoms with Gasteiger partial charge in [-0.2, -0.15) is 0 Å². The number of rotatable bonds is 10. The van der Waals surface area contributed by atoms with Crippen molar-refractivity contribution >= 4 is 29.3 Å². The maximum Gasteiger partial charge on any atom is 0.230 e. The lowest BCUT2D eigenvalue weighted by molar-refractivity contribution is -0.123. The summed E-state index contributed by atoms with van der Waals surface area (Å²) in [6.45, 7) is 0.00335. The number of nitrogens with zero attached hydrogens (tertiary/aromatic N) is 3. The molecule has 1 aromatic heterocycles. The van der Waals surface area contributed by atoms with Crippen LogP contribution in [0.1, 0.15) is 24.2 Å². The zero-order valence-corrected chi connectivity index (χ0v) is 19.3. The van der Waals surface area contributed by atoms with Crippen LogP contribution in [-0.4, -0.2) is 55.9 Å². The molecular weight excluding hydrogens is 467 g/mol. The number of aromatic nitrogens is 3. The maximum atomic E-state index is 13.4. The Labute approximate surface area is 200 Å². The van der Waals surface area contributed by atoms with E-state index in [1.807, 2.05) is 12.1 Å². The van der Waals surface area contributed by atoms with Gasteiger partial charge in [0.2, 0.25) is 5.91 Å². The van der Waals surface area contributed by atoms with Crippen LogP contribution in [0.2, 0.25) is 5.02 Å². The first kappa shape index (κ1) is 23.7. The summed E-state index contributed by atoms with van der Waals surface area (Å²) in [6.07, 6.45) is 1.11. The number of benzene rings is 2. The van der Waals surface area contributed by atoms with Crippen LogP contribution in [-0.2, 0) is 16.6 Å². The number of halogens is 2. The second-order valence-electron chi connectivity index (χ2n) is 7.95. The smallest absolute Gasteiger partial charge is 0.230 e. The number of nitrogens with one attached hydrogen (secondary N) is 1. The summed E-state index contributed by atoms with van der Waals surface area (Å²) in [7, 11) is 0. The van der Waals surface area contributed by atoms with Crippen LogP contribution in [0.3, 0.4) is 0 Å². The number of carbonyl (C=O) groups is 1. The van der Waals surface area contributed by atoms with Gasteiger partial charge in [0, 0.05) is 29.4 Å². The monoisotopic (exact) mass is 490 g/mol. The van der Waals surface area contributed by atoms with E-state index in [0.717, 1.165) is 18.4 Å². The number of amides is 1. The number of thioether (sulfide) groups is 1. The Morgan fingerprint density at radius 3 is 2.52 bits per heavy atom. The van der Waals surface area contributed by atoms with Crippen molar-refractivity contribution in [1.29, 1.82) is 0 Å². The minimum absolute atomic E-state index is 0.0293. The molecule has 7 nitrogen and oxygen atoms in total. The van der Waals surface area contributed by atoms with Crippen LogP contribution in [0.4, 0.5) is 4.39 Å². The number of aliphatic hydroxyl groups is 2. The molecule has 3 aromatic rings. The highest BCUT2D eigenvalue weighted by atomic mass is 35.5. The lowest BCUT2D eigenvalue weighted by Crippen LogP contribution is -2.36. The molecule has 3 N–H and O–H groups in total. The number of carbonyl (C=O) groups excluding carboxylic acids is 1. The van der Waals surface area contributed by atoms with E-state index in [-0.39, 0.29) is 24.1 Å². The normalized spacial score (nSPS) is 15.3. The summed E-state index contributed by atoms with van der Waals surface area (Å²) in [5.41, 5.74) is 1.12. The summed E-state index contributed by atoms with van der Waals surface area (Å²) >= 11 is 7.21. The molecule has 1 atom stereocenters. The first-order valence-electron chi connectivity index (χ1n) is 10.6. The Hall–Kier alpha value is -2.46. The first-order chi connectivity index (χ1) is 15.9. The summed E-state index contributed by atoms with van der Waals surface area (Å²) < 4.78 is 15.2. The molecule has 2 aromatic carbocycles. The molecule has 1 amide bonds. The van der Waals surface area contributed by atoms with E-state index in [4.69, 9.17) is 16.7 Å². The lowest BCUT2D eigenvalue weighted by Gasteiger charge is -2.16. The van der Waals surface area contributed by atoms with E-state index in [1.165, 1.54) is 23.9 Å². The van der Waals surface area contributed by atoms with E-state index in [9.17, 15) is 14.3 Å². The van der Waals surface area contributed by atoms with E-state index >= 15 is 0 Å². The van der Waals surface area contributed by atoms with Crippen molar-refractivity contribution in [2.24, 2.45) is 0 Å². The lowest BCUT2D eigenvalue weighted by atomic mass is 9.95. The molecule has 1 aliphatic rings. The number of aliphatic hydroxyl groups excluding tert-OH is 2. The Balaban J connectivity index is 1.46. The van der Waals surface area contributed by atoms with Crippen LogP contribution in [0, 0.1) is 5.82 Å². The van der Waals surface area contributed by atoms with Crippen LogP contribution in [0.25, 0.3) is 5.69 Å². The van der Waals surface area contributed by atoms with Gasteiger partial charge >= 0.3 is 0 Å². The van der Waals surface area contributed by atoms with Gasteiger partial charge in [0.15, 0.2) is 5.16 Å². The molecule has 1 aliphatic carbocycles. The molecule has 174 valence electrons. The fourth-order valence-electron chi connectivity index (χ4n) is 3.63. The third kappa shape index (κ3) is 5.38. The Morgan fingerprint density at radius 2 is 1.88 bits per heavy atom. The highest BCUT2D eigenvalue weighted by Crippen LogP contribution is 2.48. The second kappa shape index (κ2) is 10.2. The molecule has 0 unspecified atom stereocenters. The molecule has 1 heterocycles. The van der Waals surface area contributed by atoms with Crippen molar-refractivity contribution in [3.05, 3.63) is 70.8 Å². The molecule has 0 spiro atoms. The van der Waals surface area contributed by atoms with Crippen molar-refractivity contribution in [3.8, 4) is 5.69 Å². The molecule has 33 heavy (non-hydrogen) atoms. The second-order valence-corrected chi connectivity index (χ2v) is 9.38. The van der Waals surface area contributed by atoms with Crippen LogP contribution < -0.4 is 5.32 Å². The highest BCUT2D eigenvalue weighted by molar-refractivity contribution is 7.99. The molecule has 1 fully saturated rings. The van der Waals surface area contributed by atoms with Gasteiger partial charge in [-0.3, -0.25) is 9.36 Å². The summed E-state index contributed by atoms with van der Waals surface area (Å²) in [6, 6.07) is 13.3. The molecule has 10 heteroatoms. The van der Waals surface area contributed by atoms with Crippen molar-refractivity contribution < 1.29 is 19.4 Å². The van der Waals surface area contributed by atoms with Gasteiger partial charge in [-0.1, -0.05) is 35.5 Å². The molecule has 0 radical (unpaired) electrons. The van der Waals surface area contributed by atoms with Gasteiger partial charge in [0.25, 0.3) is 0 Å². The van der Waals surface area contributed by atoms with E-state index in [1.54, 1.807) is 28.8 Å². The summed E-state index contributed by atoms with van der Waals surface area (Å²) in [4.78, 5) is 12.9. The summed E-state index contributed by atoms with van der Waals surface area (Å²) in [5.74, 6) is 0.441. The zero-order valence-electron chi connectivity index (χ0n) is 17.7. The molecule has 0 saturated heterocycles. The maximum absolute atomic E-state index is 13.4. The predicted octanol–water partition coefficient (Wildman–Crippen LogP) is 2.90. The fourth-order valence-corrected chi connectivity index (χ4v) is 4.64. The van der Waals surface area contributed by atoms with Crippen LogP contribution >= 0.6 is 23.4 Å². The van der Waals surface area contributed by atoms with Gasteiger partial charge in [-0.15, -0.1) is 10.2 Å². The molecule has 0 aliphatic heterocycles. The molecular formula is C23H24ClFN4O3S. The van der Waals surface area contributed by atoms with Gasteiger partial charge in [-0.05, 0) is 54.8 Å². The van der Waals surface area contributed by atoms with Crippen molar-refractivity contribution in [2.45, 2.75) is 35.9 Å². The van der Waals surface area contributed by atoms with Gasteiger partial charge in [-0.25, -0.2) is 4.39 Å². The topological polar surface area (TPSA) is 100 Å². The largest absolute Gasteiger partial charge is 0.394 e. The van der Waals surface area contributed by atoms with E-state index in [2.05, 4.69) is 15.5 Å². The Kier molecular flexibility index (Phi) is 7.33. The third-order valence-corrected chi connectivity index (χ3v) is 6.94. The van der Waals surface area contributed by atoms with E-state index < -0.39 is 11.5 Å². The highest BCUT2D eigenvalue weighted by Gasteiger charge is 2.51. The Bertz CT molecular complexity index is 1100. The minimum Gasteiger partial charge on any atom is -0.394 e. The summed E-state index contributed by atoms with van der Waals surface area (Å²) in [5, 5.41) is 31.4. The van der Waals surface area contributed by atoms with Gasteiger partial charge in [0.1, 0.15) is 11.6 Å². The Morgan fingerprint density at radius 1 is 1.18 bits per heavy atom. The van der Waals surface area contributed by atoms with Crippen molar-refractivity contribution in [2.75, 3.05) is 18.9 Å². The quantitative estimate of drug-likeness (QED) is 0.378. The first-order valence-corrected chi connectivity index (χ1v) is 12.0. The number of hydrogen-bond acceptors (Lipinski definition) is 6. The van der Waals surface area contributed by atoms with Crippen molar-refractivity contribution in [3.63, 3.8) is 0 Å². The molecule has 4 rings (SSSR count). The number of hydrogen-bond donors (Lipinski definition) is 3. The SMILES string of the molecule is O=C(NCCc1nnc(SC[C@@H](O)CO)n1-c1ccc(F)cc1)C1(c2ccc(Cl)cc2)CC1. The standard InChI is InChI=1S/C23H24ClFN4O3S/c24-16-3-1-15(2-4-16)23(10-11-23)21(32)26-12-9-20-27-28-22(33-14-19(31)13-30)29(20)18-7-5-17(25)6-8-18/h1-8,19,30-31H,9-14H2,(H,26,32)/t19-/m0/s1. The average molecular weight is 491 g/mol. The third-order valence-electron chi connectivity index (χ3n) is 5.62. The molecule has 1 saturated carbocycles. The van der Waals surface area contributed by atoms with Crippen molar-refractivity contribution in [1.82, 2.24) is 20.1 Å². The average Bonchev–Trinajstić information content (AvgIpc) is 3.54. The van der Waals surface area contributed by atoms with Gasteiger partial charge < -0.3 is 15.5 Å². The predicted molar refractivity (Wildman–Crippen MR) is 124 cm³/mol. The van der Waals surface area contributed by atoms with E-state index in [0.29, 0.717) is 34.7 Å². The van der Waals surface area contributed by atoms with Crippen LogP contribution in [0.15, 0.2) is 53.7 Å².